The number of carbonyl (C=O) groups is 2. The van der Waals surface area contributed by atoms with Crippen LogP contribution < -0.4 is 9.64 Å². The van der Waals surface area contributed by atoms with Gasteiger partial charge in [0.05, 0.1) is 12.7 Å². The molecule has 0 N–H and O–H groups in total. The highest BCUT2D eigenvalue weighted by Gasteiger charge is 2.22. The first kappa shape index (κ1) is 20.5. The lowest BCUT2D eigenvalue weighted by Gasteiger charge is -2.36. The van der Waals surface area contributed by atoms with E-state index in [1.54, 1.807) is 30.2 Å². The number of esters is 1. The van der Waals surface area contributed by atoms with Crippen LogP contribution in [0.15, 0.2) is 73.1 Å². The first-order valence-electron chi connectivity index (χ1n) is 10.2. The Bertz CT molecular complexity index is 1020. The zero-order chi connectivity index (χ0) is 21.6. The molecule has 1 saturated heterocycles. The quantitative estimate of drug-likeness (QED) is 0.575. The second kappa shape index (κ2) is 9.38. The number of aromatic nitrogens is 1. The second-order valence-corrected chi connectivity index (χ2v) is 7.28. The summed E-state index contributed by atoms with van der Waals surface area (Å²) in [5, 5.41) is 0. The lowest BCUT2D eigenvalue weighted by molar-refractivity contribution is -0.134. The lowest BCUT2D eigenvalue weighted by Crippen LogP contribution is -2.49. The standard InChI is InChI=1S/C24H25N3O4/c1-30-22-9-7-20(8-10-22)26-13-15-27(16-14-26)23(28)18-31-24(29)19-5-4-6-21(17-19)25-11-2-3-12-25/h2-12,17H,13-16,18H2,1H3. The van der Waals surface area contributed by atoms with E-state index < -0.39 is 5.97 Å². The highest BCUT2D eigenvalue weighted by molar-refractivity contribution is 5.91. The molecule has 160 valence electrons. The van der Waals surface area contributed by atoms with Crippen LogP contribution in [0.1, 0.15) is 10.4 Å². The number of rotatable bonds is 6. The smallest absolute Gasteiger partial charge is 0.338 e. The van der Waals surface area contributed by atoms with Crippen LogP contribution in [-0.4, -0.2) is 61.2 Å². The SMILES string of the molecule is COc1ccc(N2CCN(C(=O)COC(=O)c3cccc(-n4cccc4)c3)CC2)cc1. The van der Waals surface area contributed by atoms with E-state index in [1.165, 1.54) is 0 Å². The number of amides is 1. The van der Waals surface area contributed by atoms with Crippen LogP contribution in [0.5, 0.6) is 5.75 Å². The lowest BCUT2D eigenvalue weighted by atomic mass is 10.2. The van der Waals surface area contributed by atoms with Gasteiger partial charge in [-0.3, -0.25) is 4.79 Å². The van der Waals surface area contributed by atoms with Crippen molar-refractivity contribution in [2.75, 3.05) is 44.8 Å². The fourth-order valence-electron chi connectivity index (χ4n) is 3.61. The number of hydrogen-bond acceptors (Lipinski definition) is 5. The van der Waals surface area contributed by atoms with Gasteiger partial charge in [0, 0.05) is 49.9 Å². The van der Waals surface area contributed by atoms with Crippen molar-refractivity contribution >= 4 is 17.6 Å². The van der Waals surface area contributed by atoms with E-state index in [0.717, 1.165) is 30.2 Å². The molecule has 2 heterocycles. The minimum Gasteiger partial charge on any atom is -0.497 e. The first-order chi connectivity index (χ1) is 15.1. The number of benzene rings is 2. The zero-order valence-electron chi connectivity index (χ0n) is 17.4. The van der Waals surface area contributed by atoms with Crippen LogP contribution >= 0.6 is 0 Å². The van der Waals surface area contributed by atoms with Crippen LogP contribution in [0.25, 0.3) is 5.69 Å². The van der Waals surface area contributed by atoms with Crippen LogP contribution in [-0.2, 0) is 9.53 Å². The van der Waals surface area contributed by atoms with E-state index in [-0.39, 0.29) is 12.5 Å². The molecule has 0 bridgehead atoms. The van der Waals surface area contributed by atoms with Crippen molar-refractivity contribution in [3.05, 3.63) is 78.6 Å². The highest BCUT2D eigenvalue weighted by atomic mass is 16.5. The molecule has 0 spiro atoms. The molecule has 0 atom stereocenters. The van der Waals surface area contributed by atoms with Crippen molar-refractivity contribution in [2.24, 2.45) is 0 Å². The van der Waals surface area contributed by atoms with Gasteiger partial charge in [-0.2, -0.15) is 0 Å². The number of methoxy groups -OCH3 is 1. The summed E-state index contributed by atoms with van der Waals surface area (Å²) in [5.74, 6) is 0.141. The number of piperazine rings is 1. The predicted octanol–water partition coefficient (Wildman–Crippen LogP) is 2.99. The zero-order valence-corrected chi connectivity index (χ0v) is 17.4. The molecule has 1 aliphatic heterocycles. The van der Waals surface area contributed by atoms with Gasteiger partial charge in [-0.1, -0.05) is 6.07 Å². The minimum atomic E-state index is -0.501. The van der Waals surface area contributed by atoms with Crippen molar-refractivity contribution in [1.29, 1.82) is 0 Å². The summed E-state index contributed by atoms with van der Waals surface area (Å²) in [6.07, 6.45) is 3.80. The van der Waals surface area contributed by atoms with Crippen molar-refractivity contribution in [1.82, 2.24) is 9.47 Å². The number of hydrogen-bond donors (Lipinski definition) is 0. The number of ether oxygens (including phenoxy) is 2. The van der Waals surface area contributed by atoms with E-state index in [1.807, 2.05) is 59.4 Å². The van der Waals surface area contributed by atoms with Gasteiger partial charge in [-0.25, -0.2) is 4.79 Å². The predicted molar refractivity (Wildman–Crippen MR) is 118 cm³/mol. The minimum absolute atomic E-state index is 0.177. The van der Waals surface area contributed by atoms with E-state index in [2.05, 4.69) is 4.90 Å². The Labute approximate surface area is 181 Å². The molecule has 7 heteroatoms. The Morgan fingerprint density at radius 3 is 2.26 bits per heavy atom. The van der Waals surface area contributed by atoms with E-state index in [0.29, 0.717) is 18.7 Å². The number of carbonyl (C=O) groups excluding carboxylic acids is 2. The molecular weight excluding hydrogens is 394 g/mol. The molecular formula is C24H25N3O4. The Hall–Kier alpha value is -3.74. The molecule has 31 heavy (non-hydrogen) atoms. The van der Waals surface area contributed by atoms with Gasteiger partial charge in [0.2, 0.25) is 0 Å². The van der Waals surface area contributed by atoms with Gasteiger partial charge < -0.3 is 23.8 Å². The summed E-state index contributed by atoms with van der Waals surface area (Å²) in [4.78, 5) is 28.9. The van der Waals surface area contributed by atoms with Gasteiger partial charge in [0.1, 0.15) is 5.75 Å². The molecule has 2 aromatic carbocycles. The average molecular weight is 419 g/mol. The van der Waals surface area contributed by atoms with Crippen molar-refractivity contribution in [3.63, 3.8) is 0 Å². The number of nitrogens with zero attached hydrogens (tertiary/aromatic N) is 3. The third kappa shape index (κ3) is 4.88. The largest absolute Gasteiger partial charge is 0.497 e. The summed E-state index contributed by atoms with van der Waals surface area (Å²) in [7, 11) is 1.64. The molecule has 1 amide bonds. The van der Waals surface area contributed by atoms with Crippen LogP contribution in [0.4, 0.5) is 5.69 Å². The molecule has 0 saturated carbocycles. The van der Waals surface area contributed by atoms with Crippen LogP contribution in [0, 0.1) is 0 Å². The topological polar surface area (TPSA) is 64.0 Å². The normalized spacial score (nSPS) is 13.7. The third-order valence-electron chi connectivity index (χ3n) is 5.38. The molecule has 7 nitrogen and oxygen atoms in total. The van der Waals surface area contributed by atoms with Crippen LogP contribution in [0.3, 0.4) is 0 Å². The fraction of sp³-hybridized carbons (Fsp3) is 0.250. The van der Waals surface area contributed by atoms with E-state index >= 15 is 0 Å². The van der Waals surface area contributed by atoms with Gasteiger partial charge in [-0.15, -0.1) is 0 Å². The Kier molecular flexibility index (Phi) is 6.21. The Balaban J connectivity index is 1.27. The highest BCUT2D eigenvalue weighted by Crippen LogP contribution is 2.20. The molecule has 0 aliphatic carbocycles. The van der Waals surface area contributed by atoms with Crippen LogP contribution in [0.2, 0.25) is 0 Å². The van der Waals surface area contributed by atoms with Crippen molar-refractivity contribution in [2.45, 2.75) is 0 Å². The van der Waals surface area contributed by atoms with E-state index in [4.69, 9.17) is 9.47 Å². The maximum atomic E-state index is 12.5. The third-order valence-corrected chi connectivity index (χ3v) is 5.38. The molecule has 0 unspecified atom stereocenters. The van der Waals surface area contributed by atoms with Gasteiger partial charge in [0.15, 0.2) is 6.61 Å². The Morgan fingerprint density at radius 1 is 0.871 bits per heavy atom. The van der Waals surface area contributed by atoms with Gasteiger partial charge in [0.25, 0.3) is 5.91 Å². The number of anilines is 1. The van der Waals surface area contributed by atoms with Gasteiger partial charge in [-0.05, 0) is 54.6 Å². The summed E-state index contributed by atoms with van der Waals surface area (Å²) in [6.45, 7) is 2.38. The monoisotopic (exact) mass is 419 g/mol. The molecule has 4 rings (SSSR count). The molecule has 3 aromatic rings. The first-order valence-corrected chi connectivity index (χ1v) is 10.2. The summed E-state index contributed by atoms with van der Waals surface area (Å²) in [6, 6.07) is 18.9. The summed E-state index contributed by atoms with van der Waals surface area (Å²) >= 11 is 0. The maximum Gasteiger partial charge on any atom is 0.338 e. The second-order valence-electron chi connectivity index (χ2n) is 7.28. The summed E-state index contributed by atoms with van der Waals surface area (Å²) < 4.78 is 12.4. The Morgan fingerprint density at radius 2 is 1.58 bits per heavy atom. The van der Waals surface area contributed by atoms with Crippen molar-refractivity contribution < 1.29 is 19.1 Å². The molecule has 1 fully saturated rings. The average Bonchev–Trinajstić information content (AvgIpc) is 3.38. The van der Waals surface area contributed by atoms with Gasteiger partial charge >= 0.3 is 5.97 Å². The summed E-state index contributed by atoms with van der Waals surface area (Å²) in [5.41, 5.74) is 2.38. The maximum absolute atomic E-state index is 12.5. The molecule has 1 aromatic heterocycles. The van der Waals surface area contributed by atoms with Crippen molar-refractivity contribution in [3.8, 4) is 11.4 Å². The fourth-order valence-corrected chi connectivity index (χ4v) is 3.61. The molecule has 1 aliphatic rings. The molecule has 0 radical (unpaired) electrons. The van der Waals surface area contributed by atoms with E-state index in [9.17, 15) is 9.59 Å².